The maximum Gasteiger partial charge on any atom is 0.416 e. The lowest BCUT2D eigenvalue weighted by atomic mass is 9.91. The minimum Gasteiger partial charge on any atom is -0.316 e. The van der Waals surface area contributed by atoms with Crippen LogP contribution in [0.3, 0.4) is 0 Å². The number of halogens is 3. The Hall–Kier alpha value is -1.81. The third kappa shape index (κ3) is 3.02. The van der Waals surface area contributed by atoms with Gasteiger partial charge in [-0.3, -0.25) is 0 Å². The molecular formula is C18H18F3N. The van der Waals surface area contributed by atoms with Crippen LogP contribution in [0.15, 0.2) is 42.5 Å². The highest BCUT2D eigenvalue weighted by Gasteiger charge is 2.30. The van der Waals surface area contributed by atoms with Crippen molar-refractivity contribution in [2.24, 2.45) is 0 Å². The third-order valence-corrected chi connectivity index (χ3v) is 4.22. The van der Waals surface area contributed by atoms with E-state index in [9.17, 15) is 13.2 Å². The van der Waals surface area contributed by atoms with E-state index in [1.54, 1.807) is 6.07 Å². The molecular weight excluding hydrogens is 287 g/mol. The standard InChI is InChI=1S/C18H18F3N/c1-12-11-22-8-7-15-9-14(5-6-17(12)15)13-3-2-4-16(10-13)18(19,20)21/h2-6,9-10,12,22H,7-8,11H2,1H3. The molecule has 0 aliphatic carbocycles. The van der Waals surface area contributed by atoms with Crippen molar-refractivity contribution >= 4 is 0 Å². The average Bonchev–Trinajstić information content (AvgIpc) is 2.68. The molecule has 0 saturated heterocycles. The summed E-state index contributed by atoms with van der Waals surface area (Å²) in [5, 5.41) is 3.38. The Kier molecular flexibility index (Phi) is 3.96. The summed E-state index contributed by atoms with van der Waals surface area (Å²) in [7, 11) is 0. The van der Waals surface area contributed by atoms with Crippen molar-refractivity contribution in [3.05, 3.63) is 59.2 Å². The minimum atomic E-state index is -4.31. The molecule has 0 fully saturated rings. The van der Waals surface area contributed by atoms with E-state index in [0.717, 1.165) is 31.1 Å². The van der Waals surface area contributed by atoms with Gasteiger partial charge in [0.1, 0.15) is 0 Å². The van der Waals surface area contributed by atoms with Crippen molar-refractivity contribution in [2.45, 2.75) is 25.4 Å². The van der Waals surface area contributed by atoms with E-state index < -0.39 is 11.7 Å². The lowest BCUT2D eigenvalue weighted by Gasteiger charge is -2.14. The minimum absolute atomic E-state index is 0.424. The SMILES string of the molecule is CC1CNCCc2cc(-c3cccc(C(F)(F)F)c3)ccc21. The Labute approximate surface area is 128 Å². The van der Waals surface area contributed by atoms with Crippen LogP contribution in [0.5, 0.6) is 0 Å². The molecule has 2 aromatic rings. The zero-order valence-electron chi connectivity index (χ0n) is 12.4. The largest absolute Gasteiger partial charge is 0.416 e. The number of rotatable bonds is 1. The molecule has 0 radical (unpaired) electrons. The van der Waals surface area contributed by atoms with E-state index in [-0.39, 0.29) is 0 Å². The van der Waals surface area contributed by atoms with Crippen molar-refractivity contribution in [3.8, 4) is 11.1 Å². The van der Waals surface area contributed by atoms with E-state index in [1.807, 2.05) is 12.1 Å². The van der Waals surface area contributed by atoms with Crippen molar-refractivity contribution in [1.82, 2.24) is 5.32 Å². The smallest absolute Gasteiger partial charge is 0.316 e. The molecule has 1 aliphatic rings. The summed E-state index contributed by atoms with van der Waals surface area (Å²) in [5.74, 6) is 0.424. The van der Waals surface area contributed by atoms with Crippen LogP contribution in [0, 0.1) is 0 Å². The number of benzene rings is 2. The van der Waals surface area contributed by atoms with E-state index in [4.69, 9.17) is 0 Å². The summed E-state index contributed by atoms with van der Waals surface area (Å²) in [6.07, 6.45) is -3.40. The summed E-state index contributed by atoms with van der Waals surface area (Å²) in [6, 6.07) is 11.6. The van der Waals surface area contributed by atoms with Gasteiger partial charge in [0.2, 0.25) is 0 Å². The van der Waals surface area contributed by atoms with Gasteiger partial charge in [-0.2, -0.15) is 13.2 Å². The topological polar surface area (TPSA) is 12.0 Å². The predicted molar refractivity (Wildman–Crippen MR) is 81.9 cm³/mol. The van der Waals surface area contributed by atoms with Crippen molar-refractivity contribution in [2.75, 3.05) is 13.1 Å². The quantitative estimate of drug-likeness (QED) is 0.810. The fourth-order valence-electron chi connectivity index (χ4n) is 3.01. The van der Waals surface area contributed by atoms with Crippen molar-refractivity contribution in [3.63, 3.8) is 0 Å². The molecule has 0 amide bonds. The second-order valence-corrected chi connectivity index (χ2v) is 5.85. The highest BCUT2D eigenvalue weighted by atomic mass is 19.4. The number of alkyl halides is 3. The molecule has 0 bridgehead atoms. The maximum atomic E-state index is 12.9. The molecule has 1 nitrogen and oxygen atoms in total. The van der Waals surface area contributed by atoms with Crippen molar-refractivity contribution in [1.29, 1.82) is 0 Å². The molecule has 1 atom stereocenters. The first kappa shape index (κ1) is 15.1. The lowest BCUT2D eigenvalue weighted by Crippen LogP contribution is -2.18. The molecule has 1 heterocycles. The van der Waals surface area contributed by atoms with E-state index >= 15 is 0 Å². The van der Waals surface area contributed by atoms with Crippen LogP contribution in [-0.4, -0.2) is 13.1 Å². The number of hydrogen-bond acceptors (Lipinski definition) is 1. The Balaban J connectivity index is 2.01. The molecule has 3 rings (SSSR count). The molecule has 0 saturated carbocycles. The van der Waals surface area contributed by atoms with Gasteiger partial charge in [-0.05, 0) is 53.3 Å². The zero-order valence-corrected chi connectivity index (χ0v) is 12.4. The first-order chi connectivity index (χ1) is 10.4. The molecule has 1 aliphatic heterocycles. The van der Waals surface area contributed by atoms with Crippen LogP contribution in [-0.2, 0) is 12.6 Å². The second kappa shape index (κ2) is 5.76. The highest BCUT2D eigenvalue weighted by molar-refractivity contribution is 5.66. The highest BCUT2D eigenvalue weighted by Crippen LogP contribution is 2.33. The Bertz CT molecular complexity index is 676. The van der Waals surface area contributed by atoms with Gasteiger partial charge in [-0.15, -0.1) is 0 Å². The van der Waals surface area contributed by atoms with Crippen LogP contribution in [0.2, 0.25) is 0 Å². The van der Waals surface area contributed by atoms with Gasteiger partial charge in [0, 0.05) is 6.54 Å². The lowest BCUT2D eigenvalue weighted by molar-refractivity contribution is -0.137. The predicted octanol–water partition coefficient (Wildman–Crippen LogP) is 4.62. The van der Waals surface area contributed by atoms with Crippen LogP contribution in [0.25, 0.3) is 11.1 Å². The van der Waals surface area contributed by atoms with Gasteiger partial charge in [0.05, 0.1) is 5.56 Å². The van der Waals surface area contributed by atoms with Gasteiger partial charge in [-0.25, -0.2) is 0 Å². The molecule has 2 aromatic carbocycles. The van der Waals surface area contributed by atoms with Gasteiger partial charge in [0.25, 0.3) is 0 Å². The summed E-state index contributed by atoms with van der Waals surface area (Å²) in [6.45, 7) is 4.01. The molecule has 1 N–H and O–H groups in total. The molecule has 0 aromatic heterocycles. The van der Waals surface area contributed by atoms with Gasteiger partial charge in [0.15, 0.2) is 0 Å². The fraction of sp³-hybridized carbons (Fsp3) is 0.333. The first-order valence-corrected chi connectivity index (χ1v) is 7.46. The van der Waals surface area contributed by atoms with Gasteiger partial charge >= 0.3 is 6.18 Å². The average molecular weight is 305 g/mol. The van der Waals surface area contributed by atoms with Gasteiger partial charge in [-0.1, -0.05) is 37.3 Å². The third-order valence-electron chi connectivity index (χ3n) is 4.22. The van der Waals surface area contributed by atoms with E-state index in [0.29, 0.717) is 11.5 Å². The summed E-state index contributed by atoms with van der Waals surface area (Å²) in [4.78, 5) is 0. The van der Waals surface area contributed by atoms with Crippen LogP contribution in [0.4, 0.5) is 13.2 Å². The zero-order chi connectivity index (χ0) is 15.7. The summed E-state index contributed by atoms with van der Waals surface area (Å²) < 4.78 is 38.6. The molecule has 116 valence electrons. The number of fused-ring (bicyclic) bond motifs is 1. The Morgan fingerprint density at radius 1 is 1.05 bits per heavy atom. The second-order valence-electron chi connectivity index (χ2n) is 5.85. The van der Waals surface area contributed by atoms with Crippen LogP contribution < -0.4 is 5.32 Å². The molecule has 22 heavy (non-hydrogen) atoms. The van der Waals surface area contributed by atoms with Crippen molar-refractivity contribution < 1.29 is 13.2 Å². The maximum absolute atomic E-state index is 12.9. The van der Waals surface area contributed by atoms with E-state index in [1.165, 1.54) is 23.3 Å². The monoisotopic (exact) mass is 305 g/mol. The van der Waals surface area contributed by atoms with E-state index in [2.05, 4.69) is 18.3 Å². The number of hydrogen-bond donors (Lipinski definition) is 1. The summed E-state index contributed by atoms with van der Waals surface area (Å²) in [5.41, 5.74) is 3.38. The summed E-state index contributed by atoms with van der Waals surface area (Å²) >= 11 is 0. The molecule has 1 unspecified atom stereocenters. The first-order valence-electron chi connectivity index (χ1n) is 7.46. The Morgan fingerprint density at radius 3 is 2.59 bits per heavy atom. The molecule has 4 heteroatoms. The van der Waals surface area contributed by atoms with Crippen LogP contribution in [0.1, 0.15) is 29.5 Å². The Morgan fingerprint density at radius 2 is 1.82 bits per heavy atom. The fourth-order valence-corrected chi connectivity index (χ4v) is 3.01. The number of nitrogens with one attached hydrogen (secondary N) is 1. The molecule has 0 spiro atoms. The van der Waals surface area contributed by atoms with Crippen LogP contribution >= 0.6 is 0 Å². The van der Waals surface area contributed by atoms with Gasteiger partial charge < -0.3 is 5.32 Å². The normalized spacial score (nSPS) is 18.6.